The van der Waals surface area contributed by atoms with Crippen molar-refractivity contribution in [1.82, 2.24) is 14.8 Å². The van der Waals surface area contributed by atoms with Gasteiger partial charge in [0.05, 0.1) is 23.3 Å². The highest BCUT2D eigenvalue weighted by atomic mass is 32.2. The smallest absolute Gasteiger partial charge is 0.237 e. The minimum Gasteiger partial charge on any atom is -0.308 e. The van der Waals surface area contributed by atoms with Crippen molar-refractivity contribution in [3.8, 4) is 0 Å². The van der Waals surface area contributed by atoms with Crippen LogP contribution in [0.15, 0.2) is 65.8 Å². The van der Waals surface area contributed by atoms with Crippen LogP contribution in [0.5, 0.6) is 0 Å². The maximum Gasteiger partial charge on any atom is 0.237 e. The van der Waals surface area contributed by atoms with Crippen molar-refractivity contribution in [3.05, 3.63) is 72.1 Å². The van der Waals surface area contributed by atoms with Crippen LogP contribution in [0.3, 0.4) is 0 Å². The van der Waals surface area contributed by atoms with Crippen molar-refractivity contribution < 1.29 is 13.2 Å². The Morgan fingerprint density at radius 1 is 1.09 bits per heavy atom. The molecule has 1 aliphatic heterocycles. The van der Waals surface area contributed by atoms with Crippen LogP contribution in [-0.2, 0) is 27.6 Å². The highest BCUT2D eigenvalue weighted by Crippen LogP contribution is 2.27. The number of hydrogen-bond donors (Lipinski definition) is 0. The van der Waals surface area contributed by atoms with Crippen molar-refractivity contribution >= 4 is 33.2 Å². The summed E-state index contributed by atoms with van der Waals surface area (Å²) in [6.45, 7) is 2.73. The standard InChI is InChI=1S/C23H26N4O3S2/c1-2-26-21(15-18-9-5-3-6-10-18)24-25-23(26)31-16-22(28)27(19-11-7-4-8-12-19)20-13-14-32(29,30)17-20/h3-12,20H,2,13-17H2,1H3. The van der Waals surface area contributed by atoms with Gasteiger partial charge < -0.3 is 9.47 Å². The fourth-order valence-corrected chi connectivity index (χ4v) is 6.55. The van der Waals surface area contributed by atoms with Gasteiger partial charge in [0.1, 0.15) is 5.82 Å². The van der Waals surface area contributed by atoms with E-state index in [1.807, 2.05) is 60.0 Å². The zero-order valence-electron chi connectivity index (χ0n) is 17.9. The number of para-hydroxylation sites is 1. The molecule has 1 saturated heterocycles. The van der Waals surface area contributed by atoms with Gasteiger partial charge in [-0.3, -0.25) is 4.79 Å². The van der Waals surface area contributed by atoms with E-state index in [4.69, 9.17) is 0 Å². The van der Waals surface area contributed by atoms with Crippen molar-refractivity contribution in [2.45, 2.75) is 37.5 Å². The second-order valence-electron chi connectivity index (χ2n) is 7.75. The lowest BCUT2D eigenvalue weighted by Crippen LogP contribution is -2.42. The van der Waals surface area contributed by atoms with Crippen molar-refractivity contribution in [3.63, 3.8) is 0 Å². The maximum absolute atomic E-state index is 13.3. The molecule has 1 fully saturated rings. The average Bonchev–Trinajstić information content (AvgIpc) is 3.35. The van der Waals surface area contributed by atoms with Gasteiger partial charge in [0, 0.05) is 18.7 Å². The number of carbonyl (C=O) groups is 1. The molecular formula is C23H26N4O3S2. The number of hydrogen-bond acceptors (Lipinski definition) is 6. The van der Waals surface area contributed by atoms with Crippen LogP contribution < -0.4 is 4.90 Å². The SMILES string of the molecule is CCn1c(Cc2ccccc2)nnc1SCC(=O)N(c1ccccc1)C1CCS(=O)(=O)C1. The van der Waals surface area contributed by atoms with Crippen LogP contribution in [0, 0.1) is 0 Å². The molecule has 0 saturated carbocycles. The first-order valence-electron chi connectivity index (χ1n) is 10.6. The Kier molecular flexibility index (Phi) is 6.95. The van der Waals surface area contributed by atoms with Crippen LogP contribution in [0.4, 0.5) is 5.69 Å². The molecule has 1 aliphatic rings. The molecule has 32 heavy (non-hydrogen) atoms. The van der Waals surface area contributed by atoms with E-state index in [2.05, 4.69) is 22.3 Å². The zero-order chi connectivity index (χ0) is 22.6. The molecule has 168 valence electrons. The Hall–Kier alpha value is -2.65. The van der Waals surface area contributed by atoms with Crippen LogP contribution in [0.2, 0.25) is 0 Å². The zero-order valence-corrected chi connectivity index (χ0v) is 19.6. The van der Waals surface area contributed by atoms with E-state index in [0.29, 0.717) is 24.5 Å². The third kappa shape index (κ3) is 5.21. The second-order valence-corrected chi connectivity index (χ2v) is 10.9. The minimum absolute atomic E-state index is 0.00463. The molecule has 2 aromatic carbocycles. The van der Waals surface area contributed by atoms with Crippen LogP contribution in [0.25, 0.3) is 0 Å². The summed E-state index contributed by atoms with van der Waals surface area (Å²) in [7, 11) is -3.11. The van der Waals surface area contributed by atoms with E-state index in [9.17, 15) is 13.2 Å². The Labute approximate surface area is 192 Å². The topological polar surface area (TPSA) is 85.2 Å². The van der Waals surface area contributed by atoms with Crippen molar-refractivity contribution in [2.24, 2.45) is 0 Å². The highest BCUT2D eigenvalue weighted by Gasteiger charge is 2.35. The van der Waals surface area contributed by atoms with Crippen molar-refractivity contribution in [1.29, 1.82) is 0 Å². The Morgan fingerprint density at radius 2 is 1.78 bits per heavy atom. The number of anilines is 1. The van der Waals surface area contributed by atoms with Gasteiger partial charge in [0.15, 0.2) is 15.0 Å². The van der Waals surface area contributed by atoms with Gasteiger partial charge in [-0.1, -0.05) is 60.3 Å². The molecule has 0 spiro atoms. The van der Waals surface area contributed by atoms with Gasteiger partial charge >= 0.3 is 0 Å². The Morgan fingerprint density at radius 3 is 2.41 bits per heavy atom. The number of nitrogens with zero attached hydrogens (tertiary/aromatic N) is 4. The van der Waals surface area contributed by atoms with Gasteiger partial charge in [-0.05, 0) is 31.0 Å². The third-order valence-corrected chi connectivity index (χ3v) is 8.22. The molecule has 1 amide bonds. The molecule has 1 aromatic heterocycles. The van der Waals surface area contributed by atoms with E-state index < -0.39 is 9.84 Å². The lowest BCUT2D eigenvalue weighted by atomic mass is 10.1. The molecule has 0 radical (unpaired) electrons. The summed E-state index contributed by atoms with van der Waals surface area (Å²) >= 11 is 1.34. The fraction of sp³-hybridized carbons (Fsp3) is 0.348. The minimum atomic E-state index is -3.11. The summed E-state index contributed by atoms with van der Waals surface area (Å²) in [5, 5.41) is 9.36. The van der Waals surface area contributed by atoms with Gasteiger partial charge in [-0.25, -0.2) is 8.42 Å². The fourth-order valence-electron chi connectivity index (χ4n) is 3.97. The summed E-state index contributed by atoms with van der Waals surface area (Å²) in [4.78, 5) is 14.9. The van der Waals surface area contributed by atoms with Gasteiger partial charge in [-0.15, -0.1) is 10.2 Å². The summed E-state index contributed by atoms with van der Waals surface area (Å²) in [6, 6.07) is 19.0. The molecule has 1 atom stereocenters. The first-order valence-corrected chi connectivity index (χ1v) is 13.4. The summed E-state index contributed by atoms with van der Waals surface area (Å²) in [5.41, 5.74) is 1.88. The van der Waals surface area contributed by atoms with E-state index in [0.717, 1.165) is 17.1 Å². The van der Waals surface area contributed by atoms with Gasteiger partial charge in [0.25, 0.3) is 0 Å². The molecule has 0 aliphatic carbocycles. The van der Waals surface area contributed by atoms with Gasteiger partial charge in [-0.2, -0.15) is 0 Å². The molecular weight excluding hydrogens is 444 g/mol. The number of amides is 1. The predicted molar refractivity (Wildman–Crippen MR) is 127 cm³/mol. The molecule has 7 nitrogen and oxygen atoms in total. The van der Waals surface area contributed by atoms with E-state index >= 15 is 0 Å². The molecule has 3 aromatic rings. The monoisotopic (exact) mass is 470 g/mol. The number of rotatable bonds is 8. The van der Waals surface area contributed by atoms with E-state index in [1.165, 1.54) is 11.8 Å². The number of sulfone groups is 1. The van der Waals surface area contributed by atoms with Crippen molar-refractivity contribution in [2.75, 3.05) is 22.2 Å². The molecule has 9 heteroatoms. The summed E-state index contributed by atoms with van der Waals surface area (Å²) in [5.74, 6) is 1.02. The number of aromatic nitrogens is 3. The van der Waals surface area contributed by atoms with Crippen LogP contribution in [0.1, 0.15) is 24.7 Å². The van der Waals surface area contributed by atoms with Gasteiger partial charge in [0.2, 0.25) is 5.91 Å². The van der Waals surface area contributed by atoms with Crippen LogP contribution in [-0.4, -0.2) is 52.4 Å². The first kappa shape index (κ1) is 22.5. The summed E-state index contributed by atoms with van der Waals surface area (Å²) < 4.78 is 26.1. The first-order chi connectivity index (χ1) is 15.5. The van der Waals surface area contributed by atoms with Crippen LogP contribution >= 0.6 is 11.8 Å². The largest absolute Gasteiger partial charge is 0.308 e. The normalized spacial score (nSPS) is 17.3. The second kappa shape index (κ2) is 9.87. The number of benzene rings is 2. The Bertz CT molecular complexity index is 1160. The lowest BCUT2D eigenvalue weighted by Gasteiger charge is -2.28. The molecule has 1 unspecified atom stereocenters. The highest BCUT2D eigenvalue weighted by molar-refractivity contribution is 7.99. The maximum atomic E-state index is 13.3. The third-order valence-electron chi connectivity index (χ3n) is 5.52. The molecule has 4 rings (SSSR count). The predicted octanol–water partition coefficient (Wildman–Crippen LogP) is 3.20. The average molecular weight is 471 g/mol. The molecule has 0 N–H and O–H groups in total. The van der Waals surface area contributed by atoms with E-state index in [1.54, 1.807) is 4.90 Å². The Balaban J connectivity index is 1.50. The van der Waals surface area contributed by atoms with E-state index in [-0.39, 0.29) is 29.2 Å². The summed E-state index contributed by atoms with van der Waals surface area (Å²) in [6.07, 6.45) is 1.13. The molecule has 2 heterocycles. The number of carbonyl (C=O) groups excluding carboxylic acids is 1. The quantitative estimate of drug-likeness (QED) is 0.470. The molecule has 0 bridgehead atoms. The lowest BCUT2D eigenvalue weighted by molar-refractivity contribution is -0.116. The number of thioether (sulfide) groups is 1.